The number of hydrogen-bond acceptors (Lipinski definition) is 3. The highest BCUT2D eigenvalue weighted by molar-refractivity contribution is 5.85. The van der Waals surface area contributed by atoms with E-state index >= 15 is 0 Å². The molecule has 1 aromatic rings. The van der Waals surface area contributed by atoms with E-state index in [1.54, 1.807) is 0 Å². The van der Waals surface area contributed by atoms with Crippen molar-refractivity contribution in [2.24, 2.45) is 0 Å². The summed E-state index contributed by atoms with van der Waals surface area (Å²) < 4.78 is 0. The molecule has 1 aliphatic heterocycles. The first-order valence-electron chi connectivity index (χ1n) is 7.58. The van der Waals surface area contributed by atoms with E-state index in [9.17, 15) is 4.79 Å². The van der Waals surface area contributed by atoms with Crippen LogP contribution < -0.4 is 5.73 Å². The smallest absolute Gasteiger partial charge is 0.227 e. The maximum absolute atomic E-state index is 12.3. The molecule has 1 aliphatic carbocycles. The van der Waals surface area contributed by atoms with Gasteiger partial charge in [0.1, 0.15) is 0 Å². The van der Waals surface area contributed by atoms with Crippen LogP contribution in [-0.4, -0.2) is 47.9 Å². The van der Waals surface area contributed by atoms with Crippen molar-refractivity contribution in [1.82, 2.24) is 9.80 Å². The number of hydrogen-bond donors (Lipinski definition) is 1. The second-order valence-electron chi connectivity index (χ2n) is 5.92. The highest BCUT2D eigenvalue weighted by Gasteiger charge is 2.29. The number of benzene rings is 1. The largest absolute Gasteiger partial charge is 0.399 e. The van der Waals surface area contributed by atoms with E-state index in [0.717, 1.165) is 43.5 Å². The number of anilines is 1. The van der Waals surface area contributed by atoms with Crippen LogP contribution in [0.25, 0.3) is 0 Å². The van der Waals surface area contributed by atoms with Gasteiger partial charge in [-0.05, 0) is 30.5 Å². The standard InChI is InChI=1S/C16H23N3O.ClH/c17-14-4-1-3-13(11-14)12-16(20)19-9-7-18(8-10-19)15-5-2-6-15;/h1,3-4,11,15H,2,5-10,12,17H2;1H. The molecule has 0 unspecified atom stereocenters. The summed E-state index contributed by atoms with van der Waals surface area (Å²) in [5.41, 5.74) is 7.49. The van der Waals surface area contributed by atoms with Crippen LogP contribution in [0.15, 0.2) is 24.3 Å². The summed E-state index contributed by atoms with van der Waals surface area (Å²) in [6, 6.07) is 8.42. The summed E-state index contributed by atoms with van der Waals surface area (Å²) >= 11 is 0. The van der Waals surface area contributed by atoms with Gasteiger partial charge >= 0.3 is 0 Å². The van der Waals surface area contributed by atoms with Crippen LogP contribution in [0.4, 0.5) is 5.69 Å². The maximum Gasteiger partial charge on any atom is 0.227 e. The van der Waals surface area contributed by atoms with Crippen LogP contribution in [-0.2, 0) is 11.2 Å². The van der Waals surface area contributed by atoms with Crippen molar-refractivity contribution < 1.29 is 4.79 Å². The lowest BCUT2D eigenvalue weighted by Gasteiger charge is -2.43. The Bertz CT molecular complexity index is 482. The number of nitrogens with two attached hydrogens (primary N) is 1. The monoisotopic (exact) mass is 309 g/mol. The van der Waals surface area contributed by atoms with Gasteiger partial charge in [0.05, 0.1) is 6.42 Å². The first-order chi connectivity index (χ1) is 9.72. The van der Waals surface area contributed by atoms with E-state index < -0.39 is 0 Å². The molecule has 2 fully saturated rings. The van der Waals surface area contributed by atoms with Crippen LogP contribution in [0.2, 0.25) is 0 Å². The van der Waals surface area contributed by atoms with Crippen molar-refractivity contribution in [3.05, 3.63) is 29.8 Å². The Balaban J connectivity index is 0.00000161. The van der Waals surface area contributed by atoms with Crippen LogP contribution >= 0.6 is 12.4 Å². The third kappa shape index (κ3) is 3.89. The predicted octanol–water partition coefficient (Wildman–Crippen LogP) is 1.93. The van der Waals surface area contributed by atoms with E-state index in [4.69, 9.17) is 5.73 Å². The van der Waals surface area contributed by atoms with Crippen molar-refractivity contribution >= 4 is 24.0 Å². The predicted molar refractivity (Wildman–Crippen MR) is 87.6 cm³/mol. The fraction of sp³-hybridized carbons (Fsp3) is 0.562. The van der Waals surface area contributed by atoms with Gasteiger partial charge < -0.3 is 10.6 Å². The Morgan fingerprint density at radius 3 is 2.48 bits per heavy atom. The van der Waals surface area contributed by atoms with Crippen molar-refractivity contribution in [2.45, 2.75) is 31.7 Å². The average Bonchev–Trinajstić information content (AvgIpc) is 2.37. The number of carbonyl (C=O) groups is 1. The van der Waals surface area contributed by atoms with Gasteiger partial charge in [-0.2, -0.15) is 0 Å². The molecule has 0 atom stereocenters. The number of nitrogen functional groups attached to an aromatic ring is 1. The minimum Gasteiger partial charge on any atom is -0.399 e. The fourth-order valence-electron chi connectivity index (χ4n) is 3.08. The molecule has 1 saturated heterocycles. The minimum atomic E-state index is 0. The topological polar surface area (TPSA) is 49.6 Å². The molecule has 2 N–H and O–H groups in total. The molecule has 21 heavy (non-hydrogen) atoms. The molecular weight excluding hydrogens is 286 g/mol. The lowest BCUT2D eigenvalue weighted by molar-refractivity contribution is -0.132. The van der Waals surface area contributed by atoms with Gasteiger partial charge in [-0.3, -0.25) is 9.69 Å². The quantitative estimate of drug-likeness (QED) is 0.868. The zero-order valence-electron chi connectivity index (χ0n) is 12.3. The maximum atomic E-state index is 12.3. The van der Waals surface area contributed by atoms with Crippen molar-refractivity contribution in [2.75, 3.05) is 31.9 Å². The number of piperazine rings is 1. The van der Waals surface area contributed by atoms with E-state index in [1.165, 1.54) is 19.3 Å². The van der Waals surface area contributed by atoms with Crippen molar-refractivity contribution in [3.8, 4) is 0 Å². The fourth-order valence-corrected chi connectivity index (χ4v) is 3.08. The molecule has 3 rings (SSSR count). The van der Waals surface area contributed by atoms with Gasteiger partial charge in [0.25, 0.3) is 0 Å². The number of amides is 1. The van der Waals surface area contributed by atoms with Crippen molar-refractivity contribution in [1.29, 1.82) is 0 Å². The van der Waals surface area contributed by atoms with Gasteiger partial charge in [0, 0.05) is 37.9 Å². The molecule has 1 aromatic carbocycles. The molecule has 0 spiro atoms. The molecule has 5 heteroatoms. The molecule has 116 valence electrons. The Hall–Kier alpha value is -1.26. The number of halogens is 1. The van der Waals surface area contributed by atoms with E-state index in [-0.39, 0.29) is 18.3 Å². The third-order valence-electron chi connectivity index (χ3n) is 4.56. The number of carbonyl (C=O) groups excluding carboxylic acids is 1. The molecule has 2 aliphatic rings. The second kappa shape index (κ2) is 7.14. The molecular formula is C16H24ClN3O. The van der Waals surface area contributed by atoms with Gasteiger partial charge in [-0.15, -0.1) is 12.4 Å². The van der Waals surface area contributed by atoms with E-state index in [0.29, 0.717) is 6.42 Å². The van der Waals surface area contributed by atoms with Crippen LogP contribution in [0.1, 0.15) is 24.8 Å². The molecule has 1 heterocycles. The molecule has 0 bridgehead atoms. The summed E-state index contributed by atoms with van der Waals surface area (Å²) in [7, 11) is 0. The Morgan fingerprint density at radius 2 is 1.90 bits per heavy atom. The number of nitrogens with zero attached hydrogens (tertiary/aromatic N) is 2. The zero-order valence-corrected chi connectivity index (χ0v) is 13.1. The molecule has 4 nitrogen and oxygen atoms in total. The van der Waals surface area contributed by atoms with Crippen molar-refractivity contribution in [3.63, 3.8) is 0 Å². The zero-order chi connectivity index (χ0) is 13.9. The lowest BCUT2D eigenvalue weighted by Crippen LogP contribution is -2.53. The second-order valence-corrected chi connectivity index (χ2v) is 5.92. The van der Waals surface area contributed by atoms with Gasteiger partial charge in [0.15, 0.2) is 0 Å². The summed E-state index contributed by atoms with van der Waals surface area (Å²) in [6.07, 6.45) is 4.53. The highest BCUT2D eigenvalue weighted by Crippen LogP contribution is 2.25. The SMILES string of the molecule is Cl.Nc1cccc(CC(=O)N2CCN(C3CCC3)CC2)c1. The normalized spacial score (nSPS) is 19.7. The van der Waals surface area contributed by atoms with E-state index in [2.05, 4.69) is 4.90 Å². The summed E-state index contributed by atoms with van der Waals surface area (Å²) in [4.78, 5) is 16.9. The van der Waals surface area contributed by atoms with E-state index in [1.807, 2.05) is 29.2 Å². The molecule has 0 radical (unpaired) electrons. The van der Waals surface area contributed by atoms with Gasteiger partial charge in [0.2, 0.25) is 5.91 Å². The van der Waals surface area contributed by atoms with Crippen LogP contribution in [0, 0.1) is 0 Å². The summed E-state index contributed by atoms with van der Waals surface area (Å²) in [5.74, 6) is 0.226. The first kappa shape index (κ1) is 16.1. The van der Waals surface area contributed by atoms with Crippen LogP contribution in [0.3, 0.4) is 0 Å². The lowest BCUT2D eigenvalue weighted by atomic mass is 9.91. The minimum absolute atomic E-state index is 0. The Morgan fingerprint density at radius 1 is 1.19 bits per heavy atom. The summed E-state index contributed by atoms with van der Waals surface area (Å²) in [5, 5.41) is 0. The highest BCUT2D eigenvalue weighted by atomic mass is 35.5. The molecule has 1 amide bonds. The van der Waals surface area contributed by atoms with Gasteiger partial charge in [-0.25, -0.2) is 0 Å². The third-order valence-corrected chi connectivity index (χ3v) is 4.56. The van der Waals surface area contributed by atoms with Gasteiger partial charge in [-0.1, -0.05) is 18.6 Å². The Kier molecular flexibility index (Phi) is 5.48. The molecule has 1 saturated carbocycles. The Labute approximate surface area is 132 Å². The molecule has 0 aromatic heterocycles. The van der Waals surface area contributed by atoms with Crippen LogP contribution in [0.5, 0.6) is 0 Å². The average molecular weight is 310 g/mol. The first-order valence-corrected chi connectivity index (χ1v) is 7.58. The number of rotatable bonds is 3. The summed E-state index contributed by atoms with van der Waals surface area (Å²) in [6.45, 7) is 3.82.